The lowest BCUT2D eigenvalue weighted by atomic mass is 10.00. The monoisotopic (exact) mass is 352 g/mol. The van der Waals surface area contributed by atoms with Crippen molar-refractivity contribution in [2.75, 3.05) is 13.1 Å². The molecule has 2 aromatic carbocycles. The molecule has 0 saturated carbocycles. The largest absolute Gasteiger partial charge is 0.348 e. The van der Waals surface area contributed by atoms with E-state index in [9.17, 15) is 4.79 Å². The summed E-state index contributed by atoms with van der Waals surface area (Å²) in [6.45, 7) is 6.24. The van der Waals surface area contributed by atoms with Crippen LogP contribution in [0, 0.1) is 0 Å². The Morgan fingerprint density at radius 1 is 1.12 bits per heavy atom. The van der Waals surface area contributed by atoms with E-state index in [0.717, 1.165) is 18.7 Å². The molecule has 130 valence electrons. The summed E-state index contributed by atoms with van der Waals surface area (Å²) >= 11 is 1.73. The van der Waals surface area contributed by atoms with Gasteiger partial charge in [0.05, 0.1) is 12.6 Å². The van der Waals surface area contributed by atoms with Crippen LogP contribution >= 0.6 is 11.3 Å². The Kier molecular flexibility index (Phi) is 5.84. The highest BCUT2D eigenvalue weighted by molar-refractivity contribution is 7.09. The maximum atomic E-state index is 12.5. The molecular formula is C21H24N2OS. The Balaban J connectivity index is 1.65. The standard InChI is InChI=1S/C21H24N2OS/c1-3-23(14-18-10-7-13-25-18)15-21(24)22-16(2)19-12-6-9-17-8-4-5-11-20(17)19/h4-13,16H,3,14-15H2,1-2H3,(H,22,24). The molecule has 3 aromatic rings. The van der Waals surface area contributed by atoms with Gasteiger partial charge >= 0.3 is 0 Å². The third-order valence-electron chi connectivity index (χ3n) is 4.44. The van der Waals surface area contributed by atoms with Crippen molar-refractivity contribution in [1.29, 1.82) is 0 Å². The van der Waals surface area contributed by atoms with Crippen molar-refractivity contribution in [2.45, 2.75) is 26.4 Å². The molecule has 0 saturated heterocycles. The normalized spacial score (nSPS) is 12.4. The topological polar surface area (TPSA) is 32.3 Å². The lowest BCUT2D eigenvalue weighted by Crippen LogP contribution is -2.37. The lowest BCUT2D eigenvalue weighted by Gasteiger charge is -2.22. The fourth-order valence-electron chi connectivity index (χ4n) is 3.10. The van der Waals surface area contributed by atoms with E-state index in [2.05, 4.69) is 71.9 Å². The number of nitrogens with one attached hydrogen (secondary N) is 1. The SMILES string of the molecule is CCN(CC(=O)NC(C)c1cccc2ccccc12)Cc1cccs1. The number of benzene rings is 2. The van der Waals surface area contributed by atoms with E-state index in [1.54, 1.807) is 11.3 Å². The summed E-state index contributed by atoms with van der Waals surface area (Å²) in [5, 5.41) is 7.63. The molecule has 1 atom stereocenters. The summed E-state index contributed by atoms with van der Waals surface area (Å²) in [7, 11) is 0. The second-order valence-electron chi connectivity index (χ2n) is 6.24. The third kappa shape index (κ3) is 4.47. The predicted octanol–water partition coefficient (Wildman–Crippen LogP) is 4.60. The number of rotatable bonds is 7. The maximum Gasteiger partial charge on any atom is 0.234 e. The van der Waals surface area contributed by atoms with Gasteiger partial charge in [0.2, 0.25) is 5.91 Å². The van der Waals surface area contributed by atoms with Crippen LogP contribution in [0.2, 0.25) is 0 Å². The number of nitrogens with zero attached hydrogens (tertiary/aromatic N) is 1. The second-order valence-corrected chi connectivity index (χ2v) is 7.27. The van der Waals surface area contributed by atoms with E-state index in [4.69, 9.17) is 0 Å². The average molecular weight is 353 g/mol. The minimum atomic E-state index is -0.0148. The molecule has 25 heavy (non-hydrogen) atoms. The molecule has 3 nitrogen and oxygen atoms in total. The van der Waals surface area contributed by atoms with E-state index < -0.39 is 0 Å². The molecule has 0 fully saturated rings. The third-order valence-corrected chi connectivity index (χ3v) is 5.30. The number of likely N-dealkylation sites (N-methyl/N-ethyl adjacent to an activating group) is 1. The zero-order valence-corrected chi connectivity index (χ0v) is 15.6. The van der Waals surface area contributed by atoms with Crippen molar-refractivity contribution in [1.82, 2.24) is 10.2 Å². The summed E-state index contributed by atoms with van der Waals surface area (Å²) in [4.78, 5) is 16.0. The first kappa shape index (κ1) is 17.6. The van der Waals surface area contributed by atoms with Gasteiger partial charge in [0.25, 0.3) is 0 Å². The molecule has 1 amide bonds. The van der Waals surface area contributed by atoms with Crippen LogP contribution in [0.1, 0.15) is 30.3 Å². The fourth-order valence-corrected chi connectivity index (χ4v) is 3.84. The van der Waals surface area contributed by atoms with Gasteiger partial charge in [-0.15, -0.1) is 11.3 Å². The molecule has 0 aliphatic carbocycles. The molecule has 1 aromatic heterocycles. The average Bonchev–Trinajstić information content (AvgIpc) is 3.13. The van der Waals surface area contributed by atoms with Crippen LogP contribution in [0.25, 0.3) is 10.8 Å². The van der Waals surface area contributed by atoms with Crippen LogP contribution in [0.15, 0.2) is 60.0 Å². The van der Waals surface area contributed by atoms with Crippen molar-refractivity contribution in [3.63, 3.8) is 0 Å². The summed E-state index contributed by atoms with van der Waals surface area (Å²) < 4.78 is 0. The van der Waals surface area contributed by atoms with Gasteiger partial charge in [-0.25, -0.2) is 0 Å². The molecule has 0 radical (unpaired) electrons. The van der Waals surface area contributed by atoms with Gasteiger partial charge in [0.15, 0.2) is 0 Å². The first-order valence-electron chi connectivity index (χ1n) is 8.69. The molecule has 3 rings (SSSR count). The van der Waals surface area contributed by atoms with Gasteiger partial charge in [-0.1, -0.05) is 55.5 Å². The Morgan fingerprint density at radius 2 is 1.92 bits per heavy atom. The van der Waals surface area contributed by atoms with E-state index in [-0.39, 0.29) is 11.9 Å². The summed E-state index contributed by atoms with van der Waals surface area (Å²) in [6, 6.07) is 18.7. The first-order chi connectivity index (χ1) is 12.2. The number of carbonyl (C=O) groups is 1. The predicted molar refractivity (Wildman–Crippen MR) is 106 cm³/mol. The van der Waals surface area contributed by atoms with Gasteiger partial charge in [-0.05, 0) is 41.3 Å². The van der Waals surface area contributed by atoms with Crippen LogP contribution in [0.4, 0.5) is 0 Å². The second kappa shape index (κ2) is 8.28. The number of carbonyl (C=O) groups excluding carboxylic acids is 1. The van der Waals surface area contributed by atoms with E-state index >= 15 is 0 Å². The van der Waals surface area contributed by atoms with E-state index in [0.29, 0.717) is 6.54 Å². The molecule has 0 aliphatic heterocycles. The Labute approximate surface area is 153 Å². The van der Waals surface area contributed by atoms with Crippen molar-refractivity contribution in [3.05, 3.63) is 70.4 Å². The molecule has 4 heteroatoms. The molecular weight excluding hydrogens is 328 g/mol. The van der Waals surface area contributed by atoms with Crippen molar-refractivity contribution >= 4 is 28.0 Å². The van der Waals surface area contributed by atoms with Crippen LogP contribution in [-0.2, 0) is 11.3 Å². The van der Waals surface area contributed by atoms with Gasteiger partial charge in [0.1, 0.15) is 0 Å². The Hall–Kier alpha value is -2.17. The van der Waals surface area contributed by atoms with Gasteiger partial charge < -0.3 is 5.32 Å². The summed E-state index contributed by atoms with van der Waals surface area (Å²) in [5.41, 5.74) is 1.16. The quantitative estimate of drug-likeness (QED) is 0.674. The molecule has 1 N–H and O–H groups in total. The fraction of sp³-hybridized carbons (Fsp3) is 0.286. The molecule has 0 aliphatic rings. The number of hydrogen-bond acceptors (Lipinski definition) is 3. The van der Waals surface area contributed by atoms with Gasteiger partial charge in [-0.2, -0.15) is 0 Å². The number of thiophene rings is 1. The zero-order chi connectivity index (χ0) is 17.6. The summed E-state index contributed by atoms with van der Waals surface area (Å²) in [6.07, 6.45) is 0. The highest BCUT2D eigenvalue weighted by atomic mass is 32.1. The molecule has 1 heterocycles. The highest BCUT2D eigenvalue weighted by Gasteiger charge is 2.15. The smallest absolute Gasteiger partial charge is 0.234 e. The molecule has 1 unspecified atom stereocenters. The first-order valence-corrected chi connectivity index (χ1v) is 9.57. The van der Waals surface area contributed by atoms with Crippen molar-refractivity contribution in [2.24, 2.45) is 0 Å². The maximum absolute atomic E-state index is 12.5. The van der Waals surface area contributed by atoms with E-state index in [1.807, 2.05) is 12.1 Å². The van der Waals surface area contributed by atoms with Crippen LogP contribution in [0.5, 0.6) is 0 Å². The van der Waals surface area contributed by atoms with Gasteiger partial charge in [0, 0.05) is 11.4 Å². The zero-order valence-electron chi connectivity index (χ0n) is 14.7. The van der Waals surface area contributed by atoms with Crippen LogP contribution in [-0.4, -0.2) is 23.9 Å². The van der Waals surface area contributed by atoms with Crippen molar-refractivity contribution < 1.29 is 4.79 Å². The number of fused-ring (bicyclic) bond motifs is 1. The summed E-state index contributed by atoms with van der Waals surface area (Å²) in [5.74, 6) is 0.0684. The lowest BCUT2D eigenvalue weighted by molar-refractivity contribution is -0.123. The van der Waals surface area contributed by atoms with Gasteiger partial charge in [-0.3, -0.25) is 9.69 Å². The minimum absolute atomic E-state index is 0.0148. The molecule has 0 spiro atoms. The van der Waals surface area contributed by atoms with Crippen molar-refractivity contribution in [3.8, 4) is 0 Å². The van der Waals surface area contributed by atoms with Crippen LogP contribution in [0.3, 0.4) is 0 Å². The number of hydrogen-bond donors (Lipinski definition) is 1. The number of amides is 1. The van der Waals surface area contributed by atoms with E-state index in [1.165, 1.54) is 15.6 Å². The Morgan fingerprint density at radius 3 is 2.68 bits per heavy atom. The minimum Gasteiger partial charge on any atom is -0.348 e. The highest BCUT2D eigenvalue weighted by Crippen LogP contribution is 2.24. The molecule has 0 bridgehead atoms. The Bertz CT molecular complexity index is 824. The van der Waals surface area contributed by atoms with Crippen LogP contribution < -0.4 is 5.32 Å².